The number of aromatic amines is 1. The van der Waals surface area contributed by atoms with Crippen LogP contribution in [0.15, 0.2) is 57.4 Å². The Morgan fingerprint density at radius 2 is 1.58 bits per heavy atom. The molecule has 0 radical (unpaired) electrons. The summed E-state index contributed by atoms with van der Waals surface area (Å²) in [6.07, 6.45) is -12.0. The zero-order chi connectivity index (χ0) is 22.6. The van der Waals surface area contributed by atoms with Crippen LogP contribution in [0.25, 0.3) is 5.69 Å². The van der Waals surface area contributed by atoms with E-state index >= 15 is 0 Å². The maximum absolute atomic E-state index is 14.1. The number of hydrogen-bond acceptors (Lipinski definition) is 4. The van der Waals surface area contributed by atoms with Crippen LogP contribution in [0.4, 0.5) is 32.2 Å². The summed E-state index contributed by atoms with van der Waals surface area (Å²) >= 11 is 0.866. The van der Waals surface area contributed by atoms with Crippen molar-refractivity contribution in [3.63, 3.8) is 0 Å². The van der Waals surface area contributed by atoms with E-state index in [4.69, 9.17) is 0 Å². The lowest BCUT2D eigenvalue weighted by atomic mass is 9.88. The number of halogens is 6. The van der Waals surface area contributed by atoms with Gasteiger partial charge in [-0.3, -0.25) is 9.78 Å². The first-order valence-electron chi connectivity index (χ1n) is 8.52. The Hall–Kier alpha value is -3.35. The van der Waals surface area contributed by atoms with Gasteiger partial charge in [-0.15, -0.1) is 11.3 Å². The van der Waals surface area contributed by atoms with Gasteiger partial charge in [0.05, 0.1) is 5.69 Å². The van der Waals surface area contributed by atoms with Crippen LogP contribution in [0.1, 0.15) is 10.4 Å². The van der Waals surface area contributed by atoms with Gasteiger partial charge in [-0.2, -0.15) is 26.3 Å². The van der Waals surface area contributed by atoms with E-state index in [0.29, 0.717) is 4.57 Å². The highest BCUT2D eigenvalue weighted by Crippen LogP contribution is 2.48. The quantitative estimate of drug-likeness (QED) is 0.510. The minimum atomic E-state index is -5.99. The average molecular weight is 461 g/mol. The largest absolute Gasteiger partial charge is 0.446 e. The zero-order valence-corrected chi connectivity index (χ0v) is 15.9. The molecule has 0 saturated heterocycles. The first kappa shape index (κ1) is 20.9. The van der Waals surface area contributed by atoms with Crippen LogP contribution in [-0.2, 0) is 5.54 Å². The summed E-state index contributed by atoms with van der Waals surface area (Å²) < 4.78 is 85.4. The fraction of sp³-hybridized carbons (Fsp3) is 0.167. The number of rotatable bonds is 2. The average Bonchev–Trinajstić information content (AvgIpc) is 3.21. The number of thiophene rings is 1. The number of amidine groups is 1. The van der Waals surface area contributed by atoms with Crippen LogP contribution in [0.5, 0.6) is 0 Å². The van der Waals surface area contributed by atoms with Crippen molar-refractivity contribution in [2.75, 3.05) is 5.32 Å². The van der Waals surface area contributed by atoms with Gasteiger partial charge in [0.1, 0.15) is 10.4 Å². The van der Waals surface area contributed by atoms with Gasteiger partial charge in [0.15, 0.2) is 0 Å². The molecule has 1 aliphatic heterocycles. The molecular weight excluding hydrogens is 450 g/mol. The molecule has 0 amide bonds. The van der Waals surface area contributed by atoms with Crippen LogP contribution < -0.4 is 21.6 Å². The highest BCUT2D eigenvalue weighted by Gasteiger charge is 2.78. The second-order valence-corrected chi connectivity index (χ2v) is 7.45. The van der Waals surface area contributed by atoms with Crippen LogP contribution in [0, 0.1) is 0 Å². The Morgan fingerprint density at radius 3 is 2.13 bits per heavy atom. The first-order chi connectivity index (χ1) is 14.5. The third kappa shape index (κ3) is 3.07. The van der Waals surface area contributed by atoms with Gasteiger partial charge in [-0.05, 0) is 23.6 Å². The van der Waals surface area contributed by atoms with Crippen molar-refractivity contribution in [1.29, 1.82) is 0 Å². The van der Waals surface area contributed by atoms with Crippen molar-refractivity contribution < 1.29 is 31.3 Å². The summed E-state index contributed by atoms with van der Waals surface area (Å²) in [6, 6.07) is 9.74. The van der Waals surface area contributed by atoms with E-state index < -0.39 is 46.4 Å². The molecule has 0 atom stereocenters. The Labute approximate surface area is 172 Å². The molecule has 31 heavy (non-hydrogen) atoms. The number of aromatic nitrogens is 2. The van der Waals surface area contributed by atoms with Gasteiger partial charge in [0, 0.05) is 0 Å². The van der Waals surface area contributed by atoms with Crippen molar-refractivity contribution in [2.24, 2.45) is 0 Å². The summed E-state index contributed by atoms with van der Waals surface area (Å²) in [5.41, 5.74) is -9.54. The number of fused-ring (bicyclic) bond motifs is 1. The topological polar surface area (TPSA) is 80.9 Å². The van der Waals surface area contributed by atoms with E-state index in [-0.39, 0.29) is 10.6 Å². The van der Waals surface area contributed by atoms with Crippen molar-refractivity contribution in [2.45, 2.75) is 17.9 Å². The number of benzene rings is 1. The fourth-order valence-corrected chi connectivity index (χ4v) is 4.04. The van der Waals surface area contributed by atoms with Gasteiger partial charge >= 0.3 is 23.6 Å². The van der Waals surface area contributed by atoms with E-state index in [1.54, 1.807) is 11.1 Å². The lowest BCUT2D eigenvalue weighted by molar-refractivity contribution is -0.658. The molecule has 0 aliphatic carbocycles. The van der Waals surface area contributed by atoms with E-state index in [0.717, 1.165) is 11.3 Å². The molecule has 162 valence electrons. The molecule has 1 aromatic carbocycles. The Bertz CT molecular complexity index is 1260. The predicted octanol–water partition coefficient (Wildman–Crippen LogP) is 1.86. The van der Waals surface area contributed by atoms with Gasteiger partial charge in [-0.1, -0.05) is 24.3 Å². The van der Waals surface area contributed by atoms with Crippen molar-refractivity contribution in [3.05, 3.63) is 79.1 Å². The Kier molecular flexibility index (Phi) is 4.61. The minimum absolute atomic E-state index is 0.0101. The van der Waals surface area contributed by atoms with Crippen LogP contribution in [0.2, 0.25) is 0 Å². The number of anilines is 1. The lowest BCUT2D eigenvalue weighted by Gasteiger charge is -2.35. The van der Waals surface area contributed by atoms with Crippen molar-refractivity contribution in [1.82, 2.24) is 9.55 Å². The third-order valence-electron chi connectivity index (χ3n) is 4.67. The van der Waals surface area contributed by atoms with Gasteiger partial charge in [0.2, 0.25) is 5.82 Å². The van der Waals surface area contributed by atoms with Crippen molar-refractivity contribution >= 4 is 23.0 Å². The van der Waals surface area contributed by atoms with E-state index in [1.807, 2.05) is 0 Å². The SMILES string of the molecule is O=c1[nH]c(=O)n(-c2ccccc2)c2c1C(C(F)(F)F)(C(F)(F)F)[NH+]=C(c1cccs1)N2. The maximum Gasteiger partial charge on any atom is 0.446 e. The number of nitrogens with zero attached hydrogens (tertiary/aromatic N) is 1. The highest BCUT2D eigenvalue weighted by molar-refractivity contribution is 7.12. The number of alkyl halides is 6. The standard InChI is InChI=1S/C18H10F6N4O2S/c19-17(20,21)16(18(22,23)24)11-13(25-12(27-16)10-7-4-8-31-10)28(15(30)26-14(11)29)9-5-2-1-3-6-9/h1-8H,(H,25,27)(H,26,29,30)/p+1. The van der Waals surface area contributed by atoms with Gasteiger partial charge < -0.3 is 0 Å². The fourth-order valence-electron chi connectivity index (χ4n) is 3.36. The Morgan fingerprint density at radius 1 is 0.935 bits per heavy atom. The molecule has 13 heteroatoms. The first-order valence-corrected chi connectivity index (χ1v) is 9.40. The Balaban J connectivity index is 2.19. The lowest BCUT2D eigenvalue weighted by Crippen LogP contribution is -2.97. The molecular formula is C18H11F6N4O2S+. The maximum atomic E-state index is 14.1. The molecule has 4 rings (SSSR count). The molecule has 3 heterocycles. The summed E-state index contributed by atoms with van der Waals surface area (Å²) in [4.78, 5) is 28.0. The smallest absolute Gasteiger partial charge is 0.273 e. The molecule has 0 spiro atoms. The van der Waals surface area contributed by atoms with Crippen LogP contribution in [0.3, 0.4) is 0 Å². The predicted molar refractivity (Wildman–Crippen MR) is 99.5 cm³/mol. The molecule has 3 aromatic rings. The molecule has 6 nitrogen and oxygen atoms in total. The molecule has 2 aromatic heterocycles. The zero-order valence-electron chi connectivity index (χ0n) is 15.1. The summed E-state index contributed by atoms with van der Waals surface area (Å²) in [7, 11) is 0. The summed E-state index contributed by atoms with van der Waals surface area (Å²) in [5, 5.41) is 3.86. The van der Waals surface area contributed by atoms with E-state index in [1.165, 1.54) is 46.8 Å². The van der Waals surface area contributed by atoms with Crippen LogP contribution in [-0.4, -0.2) is 27.7 Å². The number of nitrogens with one attached hydrogen (secondary N) is 3. The molecule has 3 N–H and O–H groups in total. The molecule has 0 saturated carbocycles. The van der Waals surface area contributed by atoms with E-state index in [9.17, 15) is 35.9 Å². The number of hydrogen-bond donors (Lipinski definition) is 3. The normalized spacial score (nSPS) is 15.7. The third-order valence-corrected chi connectivity index (χ3v) is 5.56. The van der Waals surface area contributed by atoms with Gasteiger partial charge in [-0.25, -0.2) is 19.7 Å². The molecule has 0 bridgehead atoms. The van der Waals surface area contributed by atoms with Gasteiger partial charge in [0.25, 0.3) is 11.4 Å². The highest BCUT2D eigenvalue weighted by atomic mass is 32.1. The van der Waals surface area contributed by atoms with Crippen LogP contribution >= 0.6 is 11.3 Å². The molecule has 0 unspecified atom stereocenters. The second kappa shape index (κ2) is 6.83. The number of para-hydroxylation sites is 1. The number of H-pyrrole nitrogens is 1. The summed E-state index contributed by atoms with van der Waals surface area (Å²) in [5.74, 6) is -1.58. The monoisotopic (exact) mass is 461 g/mol. The minimum Gasteiger partial charge on any atom is -0.273 e. The summed E-state index contributed by atoms with van der Waals surface area (Å²) in [6.45, 7) is 0. The van der Waals surface area contributed by atoms with Crippen molar-refractivity contribution in [3.8, 4) is 5.69 Å². The second-order valence-electron chi connectivity index (χ2n) is 6.50. The molecule has 1 aliphatic rings. The molecule has 0 fully saturated rings. The van der Waals surface area contributed by atoms with E-state index in [2.05, 4.69) is 5.32 Å².